The Labute approximate surface area is 164 Å². The molecule has 1 aliphatic carbocycles. The van der Waals surface area contributed by atoms with E-state index < -0.39 is 0 Å². The number of aliphatic hydroxyl groups is 1. The number of nitrogens with zero attached hydrogens (tertiary/aromatic N) is 4. The summed E-state index contributed by atoms with van der Waals surface area (Å²) >= 11 is 0. The van der Waals surface area contributed by atoms with E-state index in [2.05, 4.69) is 56.6 Å². The number of amides is 1. The van der Waals surface area contributed by atoms with Gasteiger partial charge in [-0.3, -0.25) is 9.69 Å². The molecule has 0 bridgehead atoms. The number of aliphatic hydroxyl groups excluding tert-OH is 1. The third-order valence-electron chi connectivity index (χ3n) is 5.27. The van der Waals surface area contributed by atoms with Gasteiger partial charge in [-0.05, 0) is 30.8 Å². The summed E-state index contributed by atoms with van der Waals surface area (Å²) in [6.45, 7) is 4.33. The third-order valence-corrected chi connectivity index (χ3v) is 5.27. The number of benzene rings is 1. The van der Waals surface area contributed by atoms with Crippen LogP contribution in [0.15, 0.2) is 64.5 Å². The van der Waals surface area contributed by atoms with Crippen molar-refractivity contribution in [2.75, 3.05) is 33.2 Å². The first kappa shape index (κ1) is 18.6. The van der Waals surface area contributed by atoms with E-state index in [-0.39, 0.29) is 23.6 Å². The monoisotopic (exact) mass is 379 g/mol. The first-order chi connectivity index (χ1) is 13.6. The van der Waals surface area contributed by atoms with Crippen molar-refractivity contribution in [3.8, 4) is 0 Å². The maximum atomic E-state index is 12.9. The molecule has 2 aliphatic heterocycles. The third kappa shape index (κ3) is 4.21. The average molecular weight is 379 g/mol. The molecule has 0 saturated carbocycles. The van der Waals surface area contributed by atoms with Gasteiger partial charge in [0, 0.05) is 32.7 Å². The van der Waals surface area contributed by atoms with Gasteiger partial charge in [0.1, 0.15) is 11.5 Å². The molecule has 2 unspecified atom stereocenters. The Morgan fingerprint density at radius 2 is 2.00 bits per heavy atom. The van der Waals surface area contributed by atoms with Gasteiger partial charge in [-0.15, -0.1) is 5.10 Å². The number of hydrogen-bond donors (Lipinski definition) is 2. The second-order valence-electron chi connectivity index (χ2n) is 7.57. The van der Waals surface area contributed by atoms with E-state index in [0.29, 0.717) is 11.4 Å². The van der Waals surface area contributed by atoms with Gasteiger partial charge in [0.15, 0.2) is 0 Å². The van der Waals surface area contributed by atoms with Crippen molar-refractivity contribution in [3.63, 3.8) is 0 Å². The molecule has 146 valence electrons. The number of rotatable bonds is 4. The largest absolute Gasteiger partial charge is 0.508 e. The first-order valence-electron chi connectivity index (χ1n) is 9.58. The molecule has 2 heterocycles. The summed E-state index contributed by atoms with van der Waals surface area (Å²) in [7, 11) is 2.08. The zero-order valence-corrected chi connectivity index (χ0v) is 16.0. The highest BCUT2D eigenvalue weighted by molar-refractivity contribution is 6.46. The fourth-order valence-electron chi connectivity index (χ4n) is 3.84. The van der Waals surface area contributed by atoms with Crippen LogP contribution in [0.5, 0.6) is 0 Å². The van der Waals surface area contributed by atoms with Gasteiger partial charge in [0.2, 0.25) is 0 Å². The normalized spacial score (nSPS) is 25.4. The van der Waals surface area contributed by atoms with Crippen molar-refractivity contribution in [2.45, 2.75) is 12.6 Å². The van der Waals surface area contributed by atoms with E-state index in [4.69, 9.17) is 0 Å². The minimum absolute atomic E-state index is 0.00725. The van der Waals surface area contributed by atoms with Crippen LogP contribution in [0.2, 0.25) is 0 Å². The zero-order chi connectivity index (χ0) is 19.5. The Bertz CT molecular complexity index is 859. The SMILES string of the molecule is CN1CCN(Cc2ccccc2)CC(NC(=O)C2=NN=C3C=CC(O)=CC32)C1. The number of nitrogens with one attached hydrogen (secondary N) is 1. The van der Waals surface area contributed by atoms with Crippen LogP contribution in [0.3, 0.4) is 0 Å². The summed E-state index contributed by atoms with van der Waals surface area (Å²) in [6.07, 6.45) is 4.88. The lowest BCUT2D eigenvalue weighted by atomic mass is 9.93. The first-order valence-corrected chi connectivity index (χ1v) is 9.58. The summed E-state index contributed by atoms with van der Waals surface area (Å²) in [5.74, 6) is -0.452. The van der Waals surface area contributed by atoms with Gasteiger partial charge in [-0.2, -0.15) is 5.10 Å². The standard InChI is InChI=1S/C21H25N5O2/c1-25-9-10-26(12-15-5-3-2-4-6-15)14-16(13-25)22-21(28)20-18-11-17(27)7-8-19(18)23-24-20/h2-8,11,16,18,27H,9-10,12-14H2,1H3,(H,22,28). The molecule has 28 heavy (non-hydrogen) atoms. The molecule has 1 saturated heterocycles. The molecule has 1 amide bonds. The molecule has 1 aromatic carbocycles. The molecule has 0 aromatic heterocycles. The molecule has 2 N–H and O–H groups in total. The highest BCUT2D eigenvalue weighted by Gasteiger charge is 2.33. The Morgan fingerprint density at radius 1 is 1.18 bits per heavy atom. The molecular formula is C21H25N5O2. The zero-order valence-electron chi connectivity index (χ0n) is 16.0. The molecule has 7 nitrogen and oxygen atoms in total. The second kappa shape index (κ2) is 8.08. The Balaban J connectivity index is 1.41. The molecule has 1 aromatic rings. The smallest absolute Gasteiger partial charge is 0.268 e. The number of likely N-dealkylation sites (N-methyl/N-ethyl adjacent to an activating group) is 1. The second-order valence-corrected chi connectivity index (χ2v) is 7.57. The molecule has 4 rings (SSSR count). The molecular weight excluding hydrogens is 354 g/mol. The predicted molar refractivity (Wildman–Crippen MR) is 109 cm³/mol. The van der Waals surface area contributed by atoms with Gasteiger partial charge >= 0.3 is 0 Å². The summed E-state index contributed by atoms with van der Waals surface area (Å²) in [5.41, 5.74) is 2.30. The molecule has 2 atom stereocenters. The van der Waals surface area contributed by atoms with Crippen molar-refractivity contribution in [2.24, 2.45) is 16.1 Å². The van der Waals surface area contributed by atoms with Crippen LogP contribution in [0.25, 0.3) is 0 Å². The van der Waals surface area contributed by atoms with E-state index in [0.717, 1.165) is 32.7 Å². The fourth-order valence-corrected chi connectivity index (χ4v) is 3.84. The van der Waals surface area contributed by atoms with E-state index in [1.165, 1.54) is 5.56 Å². The maximum Gasteiger partial charge on any atom is 0.268 e. The number of fused-ring (bicyclic) bond motifs is 1. The van der Waals surface area contributed by atoms with Crippen LogP contribution in [0.4, 0.5) is 0 Å². The van der Waals surface area contributed by atoms with Crippen LogP contribution in [-0.2, 0) is 11.3 Å². The lowest BCUT2D eigenvalue weighted by Gasteiger charge is -2.25. The lowest BCUT2D eigenvalue weighted by molar-refractivity contribution is -0.115. The number of carbonyl (C=O) groups is 1. The van der Waals surface area contributed by atoms with Gasteiger partial charge in [0.05, 0.1) is 17.7 Å². The highest BCUT2D eigenvalue weighted by atomic mass is 16.3. The van der Waals surface area contributed by atoms with Gasteiger partial charge in [0.25, 0.3) is 5.91 Å². The molecule has 0 spiro atoms. The van der Waals surface area contributed by atoms with E-state index in [1.54, 1.807) is 18.2 Å². The summed E-state index contributed by atoms with van der Waals surface area (Å²) in [5, 5.41) is 21.0. The molecule has 3 aliphatic rings. The van der Waals surface area contributed by atoms with Crippen LogP contribution in [0, 0.1) is 5.92 Å². The van der Waals surface area contributed by atoms with E-state index in [9.17, 15) is 9.90 Å². The van der Waals surface area contributed by atoms with E-state index in [1.807, 2.05) is 6.07 Å². The van der Waals surface area contributed by atoms with Gasteiger partial charge in [-0.25, -0.2) is 0 Å². The Kier molecular flexibility index (Phi) is 5.36. The summed E-state index contributed by atoms with van der Waals surface area (Å²) in [6, 6.07) is 10.4. The summed E-state index contributed by atoms with van der Waals surface area (Å²) in [4.78, 5) is 17.5. The van der Waals surface area contributed by atoms with Crippen molar-refractivity contribution in [3.05, 3.63) is 59.9 Å². The van der Waals surface area contributed by atoms with Gasteiger partial charge in [-0.1, -0.05) is 30.3 Å². The minimum Gasteiger partial charge on any atom is -0.508 e. The maximum absolute atomic E-state index is 12.9. The van der Waals surface area contributed by atoms with Crippen LogP contribution in [0.1, 0.15) is 5.56 Å². The van der Waals surface area contributed by atoms with Crippen molar-refractivity contribution < 1.29 is 9.90 Å². The quantitative estimate of drug-likeness (QED) is 0.828. The van der Waals surface area contributed by atoms with Crippen LogP contribution >= 0.6 is 0 Å². The topological polar surface area (TPSA) is 80.5 Å². The van der Waals surface area contributed by atoms with Crippen molar-refractivity contribution in [1.29, 1.82) is 0 Å². The predicted octanol–water partition coefficient (Wildman–Crippen LogP) is 1.36. The highest BCUT2D eigenvalue weighted by Crippen LogP contribution is 2.21. The fraction of sp³-hybridized carbons (Fsp3) is 0.381. The van der Waals surface area contributed by atoms with Crippen molar-refractivity contribution in [1.82, 2.24) is 15.1 Å². The van der Waals surface area contributed by atoms with Crippen molar-refractivity contribution >= 4 is 17.3 Å². The number of hydrogen-bond acceptors (Lipinski definition) is 6. The Morgan fingerprint density at radius 3 is 2.82 bits per heavy atom. The molecule has 1 fully saturated rings. The van der Waals surface area contributed by atoms with E-state index >= 15 is 0 Å². The lowest BCUT2D eigenvalue weighted by Crippen LogP contribution is -2.49. The number of carbonyl (C=O) groups excluding carboxylic acids is 1. The summed E-state index contributed by atoms with van der Waals surface area (Å²) < 4.78 is 0. The number of allylic oxidation sites excluding steroid dienone is 3. The van der Waals surface area contributed by atoms with Crippen LogP contribution in [-0.4, -0.2) is 71.5 Å². The molecule has 7 heteroatoms. The van der Waals surface area contributed by atoms with Gasteiger partial charge < -0.3 is 15.3 Å². The average Bonchev–Trinajstić information content (AvgIpc) is 3.01. The van der Waals surface area contributed by atoms with Crippen LogP contribution < -0.4 is 5.32 Å². The Hall–Kier alpha value is -2.77. The molecule has 0 radical (unpaired) electrons. The minimum atomic E-state index is -0.367.